The van der Waals surface area contributed by atoms with Gasteiger partial charge in [-0.25, -0.2) is 0 Å². The zero-order valence-electron chi connectivity index (χ0n) is 22.1. The van der Waals surface area contributed by atoms with Crippen LogP contribution >= 0.6 is 0 Å². The zero-order chi connectivity index (χ0) is 24.9. The van der Waals surface area contributed by atoms with E-state index in [1.54, 1.807) is 0 Å². The van der Waals surface area contributed by atoms with Gasteiger partial charge in [-0.1, -0.05) is 59.7 Å². The molecule has 0 saturated heterocycles. The van der Waals surface area contributed by atoms with Crippen molar-refractivity contribution in [3.8, 4) is 0 Å². The second-order valence-electron chi connectivity index (χ2n) is 11.1. The van der Waals surface area contributed by atoms with Gasteiger partial charge in [-0.3, -0.25) is 9.00 Å². The van der Waals surface area contributed by atoms with Crippen molar-refractivity contribution in [3.63, 3.8) is 0 Å². The third-order valence-electron chi connectivity index (χ3n) is 8.11. The van der Waals surface area contributed by atoms with Crippen LogP contribution in [0.25, 0.3) is 0 Å². The zero-order valence-corrected chi connectivity index (χ0v) is 24.9. The molecule has 0 radical (unpaired) electrons. The highest BCUT2D eigenvalue weighted by Gasteiger charge is 2.45. The van der Waals surface area contributed by atoms with Crippen LogP contribution in [0.5, 0.6) is 0 Å². The van der Waals surface area contributed by atoms with Crippen molar-refractivity contribution in [2.24, 2.45) is 5.92 Å². The molecule has 188 valence electrons. The Labute approximate surface area is 206 Å². The number of hydrogen-bond acceptors (Lipinski definition) is 4. The Hall–Kier alpha value is -0.606. The van der Waals surface area contributed by atoms with Crippen molar-refractivity contribution in [1.29, 1.82) is 0 Å². The maximum absolute atomic E-state index is 13.3. The summed E-state index contributed by atoms with van der Waals surface area (Å²) in [6.45, 7) is 18.7. The second kappa shape index (κ2) is 11.9. The summed E-state index contributed by atoms with van der Waals surface area (Å²) in [5.41, 5.74) is 0. The van der Waals surface area contributed by atoms with Crippen LogP contribution in [0.2, 0.25) is 36.3 Å². The Morgan fingerprint density at radius 1 is 1.03 bits per heavy atom. The van der Waals surface area contributed by atoms with E-state index in [0.717, 1.165) is 29.4 Å². The van der Waals surface area contributed by atoms with E-state index in [2.05, 4.69) is 54.6 Å². The molecule has 1 fully saturated rings. The largest absolute Gasteiger partial charge is 0.417 e. The van der Waals surface area contributed by atoms with Crippen LogP contribution < -0.4 is 0 Å². The molecule has 1 aliphatic rings. The molecule has 7 heteroatoms. The van der Waals surface area contributed by atoms with Gasteiger partial charge < -0.3 is 8.85 Å². The highest BCUT2D eigenvalue weighted by atomic mass is 32.2. The Morgan fingerprint density at radius 3 is 2.12 bits per heavy atom. The van der Waals surface area contributed by atoms with Gasteiger partial charge in [0.1, 0.15) is 11.0 Å². The van der Waals surface area contributed by atoms with Gasteiger partial charge in [0.25, 0.3) is 0 Å². The van der Waals surface area contributed by atoms with E-state index in [1.165, 1.54) is 0 Å². The molecule has 4 atom stereocenters. The number of Topliss-reactive ketones (excluding diaryl/α,β-unsaturated/α-hetero) is 1. The fourth-order valence-corrected chi connectivity index (χ4v) is 9.97. The standard InChI is InChI=1S/C26H46O4SSi2/c1-9-33(10-2,11-3)29-18-17-21-19-23(27)25(31(28)22-15-13-12-14-16-22)20-24(21)30-32(7,8)26(4,5)6/h12-16,21,24-25H,9-11,17-20H2,1-8H3/t21-,24+,25-,31?/m1/s1. The summed E-state index contributed by atoms with van der Waals surface area (Å²) in [6.07, 6.45) is 1.76. The molecule has 1 saturated carbocycles. The highest BCUT2D eigenvalue weighted by Crippen LogP contribution is 2.41. The normalized spacial score (nSPS) is 23.5. The average molecular weight is 511 g/mol. The van der Waals surface area contributed by atoms with Crippen LogP contribution in [-0.2, 0) is 24.4 Å². The summed E-state index contributed by atoms with van der Waals surface area (Å²) < 4.78 is 26.7. The van der Waals surface area contributed by atoms with Crippen LogP contribution in [0.15, 0.2) is 35.2 Å². The lowest BCUT2D eigenvalue weighted by molar-refractivity contribution is -0.123. The predicted molar refractivity (Wildman–Crippen MR) is 144 cm³/mol. The summed E-state index contributed by atoms with van der Waals surface area (Å²) in [4.78, 5) is 13.9. The lowest BCUT2D eigenvalue weighted by Gasteiger charge is -2.44. The molecule has 0 aromatic heterocycles. The molecule has 0 amide bonds. The maximum Gasteiger partial charge on any atom is 0.192 e. The van der Waals surface area contributed by atoms with Crippen LogP contribution in [-0.4, -0.2) is 44.6 Å². The van der Waals surface area contributed by atoms with Crippen molar-refractivity contribution in [2.45, 2.75) is 113 Å². The van der Waals surface area contributed by atoms with Gasteiger partial charge in [-0.15, -0.1) is 0 Å². The van der Waals surface area contributed by atoms with Crippen LogP contribution in [0, 0.1) is 5.92 Å². The molecule has 0 heterocycles. The average Bonchev–Trinajstić information content (AvgIpc) is 2.78. The van der Waals surface area contributed by atoms with E-state index in [0.29, 0.717) is 19.4 Å². The number of hydrogen-bond donors (Lipinski definition) is 0. The summed E-state index contributed by atoms with van der Waals surface area (Å²) >= 11 is 0. The van der Waals surface area contributed by atoms with Gasteiger partial charge in [0.15, 0.2) is 16.6 Å². The summed E-state index contributed by atoms with van der Waals surface area (Å²) in [5, 5.41) is -0.409. The minimum Gasteiger partial charge on any atom is -0.417 e. The van der Waals surface area contributed by atoms with Gasteiger partial charge in [-0.2, -0.15) is 0 Å². The first-order valence-corrected chi connectivity index (χ1v) is 19.3. The quantitative estimate of drug-likeness (QED) is 0.302. The molecule has 0 aliphatic heterocycles. The molecule has 1 aliphatic carbocycles. The Balaban J connectivity index is 2.22. The smallest absolute Gasteiger partial charge is 0.192 e. The first-order chi connectivity index (χ1) is 15.4. The topological polar surface area (TPSA) is 52.6 Å². The molecular formula is C26H46O4SSi2. The van der Waals surface area contributed by atoms with Crippen molar-refractivity contribution >= 4 is 33.2 Å². The molecule has 1 aromatic carbocycles. The van der Waals surface area contributed by atoms with E-state index in [-0.39, 0.29) is 22.8 Å². The van der Waals surface area contributed by atoms with E-state index in [1.807, 2.05) is 30.3 Å². The lowest BCUT2D eigenvalue weighted by Crippen LogP contribution is -2.50. The molecule has 0 spiro atoms. The number of rotatable bonds is 11. The number of ketones is 1. The first kappa shape index (κ1) is 28.6. The van der Waals surface area contributed by atoms with Gasteiger partial charge in [-0.05, 0) is 67.2 Å². The molecule has 1 aromatic rings. The summed E-state index contributed by atoms with van der Waals surface area (Å²) in [7, 11) is -5.05. The van der Waals surface area contributed by atoms with Crippen molar-refractivity contribution in [1.82, 2.24) is 0 Å². The number of carbonyl (C=O) groups excluding carboxylic acids is 1. The van der Waals surface area contributed by atoms with E-state index in [4.69, 9.17) is 8.85 Å². The van der Waals surface area contributed by atoms with Crippen molar-refractivity contribution in [2.75, 3.05) is 6.61 Å². The molecule has 1 unspecified atom stereocenters. The van der Waals surface area contributed by atoms with Gasteiger partial charge >= 0.3 is 0 Å². The van der Waals surface area contributed by atoms with E-state index < -0.39 is 32.7 Å². The molecule has 2 rings (SSSR count). The van der Waals surface area contributed by atoms with Gasteiger partial charge in [0.2, 0.25) is 0 Å². The van der Waals surface area contributed by atoms with Crippen molar-refractivity contribution in [3.05, 3.63) is 30.3 Å². The monoisotopic (exact) mass is 510 g/mol. The Bertz CT molecular complexity index is 779. The summed E-state index contributed by atoms with van der Waals surface area (Å²) in [5.74, 6) is 0.246. The van der Waals surface area contributed by atoms with Crippen LogP contribution in [0.3, 0.4) is 0 Å². The Morgan fingerprint density at radius 2 is 1.61 bits per heavy atom. The second-order valence-corrected chi connectivity index (χ2v) is 22.2. The van der Waals surface area contributed by atoms with Crippen LogP contribution in [0.1, 0.15) is 60.8 Å². The Kier molecular flexibility index (Phi) is 10.3. The summed E-state index contributed by atoms with van der Waals surface area (Å²) in [6, 6.07) is 12.8. The molecular weight excluding hydrogens is 465 g/mol. The molecule has 4 nitrogen and oxygen atoms in total. The predicted octanol–water partition coefficient (Wildman–Crippen LogP) is 6.94. The molecule has 33 heavy (non-hydrogen) atoms. The SMILES string of the molecule is CC[Si](CC)(CC)OCC[C@@H]1CC(=O)[C@H](S(=O)c2ccccc2)C[C@@H]1O[Si](C)(C)C(C)(C)C. The molecule has 0 N–H and O–H groups in total. The number of carbonyl (C=O) groups is 1. The van der Waals surface area contributed by atoms with Gasteiger partial charge in [0.05, 0.1) is 10.8 Å². The third kappa shape index (κ3) is 7.20. The van der Waals surface area contributed by atoms with Crippen molar-refractivity contribution < 1.29 is 17.9 Å². The maximum atomic E-state index is 13.3. The van der Waals surface area contributed by atoms with E-state index in [9.17, 15) is 9.00 Å². The third-order valence-corrected chi connectivity index (χ3v) is 19.0. The molecule has 0 bridgehead atoms. The number of benzene rings is 1. The minimum absolute atomic E-state index is 0.0502. The fourth-order valence-electron chi connectivity index (χ4n) is 4.45. The lowest BCUT2D eigenvalue weighted by atomic mass is 9.83. The van der Waals surface area contributed by atoms with E-state index >= 15 is 0 Å². The van der Waals surface area contributed by atoms with Gasteiger partial charge in [0, 0.05) is 24.0 Å². The fraction of sp³-hybridized carbons (Fsp3) is 0.731. The minimum atomic E-state index is -2.04. The van der Waals surface area contributed by atoms with Crippen LogP contribution in [0.4, 0.5) is 0 Å². The first-order valence-electron chi connectivity index (χ1n) is 12.7. The highest BCUT2D eigenvalue weighted by molar-refractivity contribution is 7.86.